The molecule has 3 aliphatic rings. The lowest BCUT2D eigenvalue weighted by Gasteiger charge is -2.50. The fourth-order valence-corrected chi connectivity index (χ4v) is 3.32. The van der Waals surface area contributed by atoms with Gasteiger partial charge in [-0.2, -0.15) is 0 Å². The van der Waals surface area contributed by atoms with Crippen molar-refractivity contribution in [1.29, 1.82) is 0 Å². The van der Waals surface area contributed by atoms with Crippen LogP contribution in [0.5, 0.6) is 0 Å². The topological polar surface area (TPSA) is 18.5 Å². The van der Waals surface area contributed by atoms with Gasteiger partial charge in [0.15, 0.2) is 0 Å². The first-order valence-electron chi connectivity index (χ1n) is 3.88. The van der Waals surface area contributed by atoms with Crippen molar-refractivity contribution in [3.05, 3.63) is 12.7 Å². The van der Waals surface area contributed by atoms with Crippen molar-refractivity contribution >= 4 is 22.6 Å². The van der Waals surface area contributed by atoms with Gasteiger partial charge in [0.2, 0.25) is 0 Å². The Bertz CT molecular complexity index is 228. The lowest BCUT2D eigenvalue weighted by Crippen LogP contribution is -2.65. The third kappa shape index (κ3) is 0.584. The first kappa shape index (κ1) is 6.86. The van der Waals surface area contributed by atoms with Gasteiger partial charge < -0.3 is 9.47 Å². The Hall–Kier alpha value is 0.390. The van der Waals surface area contributed by atoms with E-state index in [2.05, 4.69) is 29.2 Å². The van der Waals surface area contributed by atoms with E-state index in [0.717, 1.165) is 6.42 Å². The zero-order valence-electron chi connectivity index (χ0n) is 6.00. The van der Waals surface area contributed by atoms with Crippen LogP contribution in [0.4, 0.5) is 0 Å². The highest BCUT2D eigenvalue weighted by Gasteiger charge is 2.70. The van der Waals surface area contributed by atoms with Gasteiger partial charge >= 0.3 is 0 Å². The van der Waals surface area contributed by atoms with Crippen LogP contribution in [0.1, 0.15) is 6.42 Å². The third-order valence-electron chi connectivity index (χ3n) is 2.99. The van der Waals surface area contributed by atoms with Gasteiger partial charge in [0.25, 0.3) is 0 Å². The van der Waals surface area contributed by atoms with Gasteiger partial charge in [0.05, 0.1) is 10.0 Å². The Morgan fingerprint density at radius 3 is 2.91 bits per heavy atom. The highest BCUT2D eigenvalue weighted by molar-refractivity contribution is 14.1. The number of rotatable bonds is 1. The van der Waals surface area contributed by atoms with Gasteiger partial charge in [0, 0.05) is 6.42 Å². The van der Waals surface area contributed by atoms with Crippen molar-refractivity contribution < 1.29 is 9.47 Å². The molecule has 5 atom stereocenters. The normalized spacial score (nSPS) is 64.5. The first-order valence-corrected chi connectivity index (χ1v) is 5.12. The summed E-state index contributed by atoms with van der Waals surface area (Å²) >= 11 is 2.43. The summed E-state index contributed by atoms with van der Waals surface area (Å²) in [6.45, 7) is 3.79. The van der Waals surface area contributed by atoms with Gasteiger partial charge in [-0.05, 0) is 0 Å². The molecule has 0 aromatic carbocycles. The number of ether oxygens (including phenoxy) is 2. The van der Waals surface area contributed by atoms with Crippen LogP contribution in [0.2, 0.25) is 0 Å². The largest absolute Gasteiger partial charge is 0.368 e. The zero-order chi connectivity index (χ0) is 7.64. The van der Waals surface area contributed by atoms with E-state index < -0.39 is 0 Å². The molecule has 0 aromatic rings. The summed E-state index contributed by atoms with van der Waals surface area (Å²) in [5.74, 6) is 0. The van der Waals surface area contributed by atoms with Gasteiger partial charge in [0.1, 0.15) is 17.8 Å². The standard InChI is InChI=1S/C8H9IO2/c1-2-8-3-4-5(9)6(11-8)7(8)10-4/h2,4-7H,1,3H2. The van der Waals surface area contributed by atoms with Gasteiger partial charge in [-0.25, -0.2) is 0 Å². The van der Waals surface area contributed by atoms with Crippen molar-refractivity contribution in [2.75, 3.05) is 0 Å². The van der Waals surface area contributed by atoms with E-state index in [0.29, 0.717) is 22.2 Å². The molecule has 3 rings (SSSR count). The average Bonchev–Trinajstić information content (AvgIpc) is 2.39. The van der Waals surface area contributed by atoms with E-state index in [1.54, 1.807) is 0 Å². The van der Waals surface area contributed by atoms with E-state index in [1.807, 2.05) is 6.08 Å². The number of hydrogen-bond donors (Lipinski definition) is 0. The molecule has 3 heterocycles. The van der Waals surface area contributed by atoms with Crippen LogP contribution in [0.25, 0.3) is 0 Å². The molecule has 3 fully saturated rings. The number of halogens is 1. The van der Waals surface area contributed by atoms with Crippen molar-refractivity contribution in [2.45, 2.75) is 34.3 Å². The smallest absolute Gasteiger partial charge is 0.118 e. The summed E-state index contributed by atoms with van der Waals surface area (Å²) in [5, 5.41) is 0. The summed E-state index contributed by atoms with van der Waals surface area (Å²) in [6.07, 6.45) is 4.04. The molecular weight excluding hydrogens is 255 g/mol. The Kier molecular flexibility index (Phi) is 1.14. The molecule has 0 aromatic heterocycles. The van der Waals surface area contributed by atoms with Crippen molar-refractivity contribution in [3.8, 4) is 0 Å². The molecule has 60 valence electrons. The molecule has 3 aliphatic heterocycles. The zero-order valence-corrected chi connectivity index (χ0v) is 8.15. The molecular formula is C8H9IO2. The van der Waals surface area contributed by atoms with Crippen molar-refractivity contribution in [1.82, 2.24) is 0 Å². The second-order valence-electron chi connectivity index (χ2n) is 3.49. The van der Waals surface area contributed by atoms with E-state index in [1.165, 1.54) is 0 Å². The fraction of sp³-hybridized carbons (Fsp3) is 0.750. The molecule has 3 heteroatoms. The molecule has 2 nitrogen and oxygen atoms in total. The lowest BCUT2D eigenvalue weighted by molar-refractivity contribution is -0.219. The summed E-state index contributed by atoms with van der Waals surface area (Å²) in [7, 11) is 0. The number of hydrogen-bond acceptors (Lipinski definition) is 2. The predicted molar refractivity (Wildman–Crippen MR) is 48.9 cm³/mol. The van der Waals surface area contributed by atoms with Crippen LogP contribution >= 0.6 is 22.6 Å². The Balaban J connectivity index is 1.99. The molecule has 0 radical (unpaired) electrons. The van der Waals surface area contributed by atoms with Crippen LogP contribution in [-0.4, -0.2) is 27.8 Å². The van der Waals surface area contributed by atoms with Crippen molar-refractivity contribution in [2.24, 2.45) is 0 Å². The van der Waals surface area contributed by atoms with E-state index >= 15 is 0 Å². The number of alkyl halides is 1. The van der Waals surface area contributed by atoms with Crippen LogP contribution < -0.4 is 0 Å². The second kappa shape index (κ2) is 1.83. The molecule has 0 aliphatic carbocycles. The minimum absolute atomic E-state index is 0.0863. The highest BCUT2D eigenvalue weighted by Crippen LogP contribution is 2.57. The molecule has 0 saturated carbocycles. The first-order chi connectivity index (χ1) is 5.27. The summed E-state index contributed by atoms with van der Waals surface area (Å²) in [6, 6.07) is 0. The summed E-state index contributed by atoms with van der Waals surface area (Å²) in [5.41, 5.74) is -0.0863. The molecule has 11 heavy (non-hydrogen) atoms. The van der Waals surface area contributed by atoms with Gasteiger partial charge in [-0.1, -0.05) is 28.7 Å². The Morgan fingerprint density at radius 1 is 1.64 bits per heavy atom. The molecule has 3 saturated heterocycles. The average molecular weight is 264 g/mol. The summed E-state index contributed by atoms with van der Waals surface area (Å²) < 4.78 is 12.0. The fourth-order valence-electron chi connectivity index (χ4n) is 2.37. The maximum absolute atomic E-state index is 5.74. The molecule has 5 unspecified atom stereocenters. The molecule has 2 bridgehead atoms. The van der Waals surface area contributed by atoms with Crippen LogP contribution in [-0.2, 0) is 9.47 Å². The van der Waals surface area contributed by atoms with Crippen molar-refractivity contribution in [3.63, 3.8) is 0 Å². The number of fused-ring (bicyclic) bond motifs is 1. The second-order valence-corrected chi connectivity index (χ2v) is 4.92. The molecule has 0 N–H and O–H groups in total. The van der Waals surface area contributed by atoms with Crippen LogP contribution in [0.15, 0.2) is 12.7 Å². The quantitative estimate of drug-likeness (QED) is 0.403. The van der Waals surface area contributed by atoms with E-state index in [9.17, 15) is 0 Å². The molecule has 0 amide bonds. The maximum Gasteiger partial charge on any atom is 0.118 e. The SMILES string of the molecule is C=CC12CC3OC1C(O2)C3I. The highest BCUT2D eigenvalue weighted by atomic mass is 127. The minimum atomic E-state index is -0.0863. The maximum atomic E-state index is 5.74. The lowest BCUT2D eigenvalue weighted by atomic mass is 9.77. The van der Waals surface area contributed by atoms with Gasteiger partial charge in [-0.15, -0.1) is 6.58 Å². The van der Waals surface area contributed by atoms with Crippen LogP contribution in [0, 0.1) is 0 Å². The van der Waals surface area contributed by atoms with Crippen LogP contribution in [0.3, 0.4) is 0 Å². The third-order valence-corrected chi connectivity index (χ3v) is 4.50. The van der Waals surface area contributed by atoms with Gasteiger partial charge in [-0.3, -0.25) is 0 Å². The predicted octanol–water partition coefficient (Wildman–Crippen LogP) is 1.28. The van der Waals surface area contributed by atoms with E-state index in [4.69, 9.17) is 9.47 Å². The summed E-state index contributed by atoms with van der Waals surface area (Å²) in [4.78, 5) is 0. The Labute approximate surface area is 79.1 Å². The molecule has 0 spiro atoms. The monoisotopic (exact) mass is 264 g/mol. The minimum Gasteiger partial charge on any atom is -0.368 e. The van der Waals surface area contributed by atoms with E-state index in [-0.39, 0.29) is 5.60 Å². The Morgan fingerprint density at radius 2 is 2.45 bits per heavy atom.